The topological polar surface area (TPSA) is 88.4 Å². The molecule has 7 heteroatoms. The number of nitrogens with one attached hydrogen (secondary N) is 1. The van der Waals surface area contributed by atoms with Crippen LogP contribution in [0.1, 0.15) is 26.0 Å². The third-order valence-electron chi connectivity index (χ3n) is 3.65. The summed E-state index contributed by atoms with van der Waals surface area (Å²) in [5.74, 6) is -0.771. The summed E-state index contributed by atoms with van der Waals surface area (Å²) in [4.78, 5) is 35.7. The monoisotopic (exact) mass is 340 g/mol. The molecule has 0 aliphatic carbocycles. The minimum absolute atomic E-state index is 0.178. The van der Waals surface area contributed by atoms with E-state index in [1.807, 2.05) is 6.26 Å². The molecule has 23 heavy (non-hydrogen) atoms. The molecule has 2 N–H and O–H groups in total. The van der Waals surface area contributed by atoms with E-state index in [9.17, 15) is 19.5 Å². The van der Waals surface area contributed by atoms with Gasteiger partial charge in [0.1, 0.15) is 6.04 Å². The molecule has 128 valence electrons. The Morgan fingerprint density at radius 2 is 2.04 bits per heavy atom. The largest absolute Gasteiger partial charge is 0.480 e. The molecule has 0 saturated carbocycles. The third kappa shape index (κ3) is 5.42. The molecule has 1 heterocycles. The molecule has 1 rings (SSSR count). The first-order valence-corrected chi connectivity index (χ1v) is 8.77. The van der Waals surface area contributed by atoms with Gasteiger partial charge in [-0.15, -0.1) is 0 Å². The van der Waals surface area contributed by atoms with Gasteiger partial charge in [0.25, 0.3) is 5.56 Å². The zero-order chi connectivity index (χ0) is 17.6. The van der Waals surface area contributed by atoms with Crippen molar-refractivity contribution in [3.63, 3.8) is 0 Å². The number of hydrogen-bond acceptors (Lipinski definition) is 4. The lowest BCUT2D eigenvalue weighted by Gasteiger charge is -2.27. The van der Waals surface area contributed by atoms with E-state index in [-0.39, 0.29) is 18.0 Å². The summed E-state index contributed by atoms with van der Waals surface area (Å²) in [5, 5.41) is 11.8. The van der Waals surface area contributed by atoms with Crippen LogP contribution < -0.4 is 10.9 Å². The quantitative estimate of drug-likeness (QED) is 0.749. The highest BCUT2D eigenvalue weighted by molar-refractivity contribution is 7.98. The fraction of sp³-hybridized carbons (Fsp3) is 0.562. The minimum Gasteiger partial charge on any atom is -0.480 e. The average Bonchev–Trinajstić information content (AvgIpc) is 2.46. The molecule has 0 aliphatic rings. The lowest BCUT2D eigenvalue weighted by atomic mass is 9.91. The van der Waals surface area contributed by atoms with Crippen LogP contribution in [0.25, 0.3) is 0 Å². The first kappa shape index (κ1) is 19.3. The molecule has 0 radical (unpaired) electrons. The molecular weight excluding hydrogens is 316 g/mol. The van der Waals surface area contributed by atoms with Gasteiger partial charge in [-0.1, -0.05) is 6.07 Å². The maximum atomic E-state index is 12.5. The Kier molecular flexibility index (Phi) is 6.87. The normalized spacial score (nSPS) is 12.7. The summed E-state index contributed by atoms with van der Waals surface area (Å²) in [5.41, 5.74) is -0.318. The molecule has 1 amide bonds. The Morgan fingerprint density at radius 1 is 1.39 bits per heavy atom. The highest BCUT2D eigenvalue weighted by atomic mass is 32.2. The van der Waals surface area contributed by atoms with Crippen molar-refractivity contribution in [3.05, 3.63) is 34.2 Å². The summed E-state index contributed by atoms with van der Waals surface area (Å²) >= 11 is 1.53. The van der Waals surface area contributed by atoms with Crippen molar-refractivity contribution < 1.29 is 14.7 Å². The minimum atomic E-state index is -1.05. The smallest absolute Gasteiger partial charge is 0.326 e. The highest BCUT2D eigenvalue weighted by Crippen LogP contribution is 2.19. The second-order valence-corrected chi connectivity index (χ2v) is 7.11. The van der Waals surface area contributed by atoms with Crippen LogP contribution >= 0.6 is 11.8 Å². The lowest BCUT2D eigenvalue weighted by Crippen LogP contribution is -2.49. The number of carboxylic acids is 1. The molecule has 1 aromatic heterocycles. The predicted octanol–water partition coefficient (Wildman–Crippen LogP) is 1.51. The zero-order valence-electron chi connectivity index (χ0n) is 14.0. The number of carbonyl (C=O) groups is 2. The Balaban J connectivity index is 2.87. The standard InChI is InChI=1S/C16H24N2O4S/c1-11-6-5-7-13(19)18(11)10-16(2,3)15(22)17-12(14(20)21)8-9-23-4/h5-7,12H,8-10H2,1-4H3,(H,17,22)(H,20,21). The van der Waals surface area contributed by atoms with Gasteiger partial charge in [-0.25, -0.2) is 4.79 Å². The summed E-state index contributed by atoms with van der Waals surface area (Å²) in [7, 11) is 0. The van der Waals surface area contributed by atoms with E-state index in [1.54, 1.807) is 32.9 Å². The van der Waals surface area contributed by atoms with Crippen molar-refractivity contribution in [2.24, 2.45) is 5.41 Å². The fourth-order valence-electron chi connectivity index (χ4n) is 2.14. The van der Waals surface area contributed by atoms with Gasteiger partial charge in [0.05, 0.1) is 5.41 Å². The van der Waals surface area contributed by atoms with Crippen LogP contribution in [0, 0.1) is 12.3 Å². The second kappa shape index (κ2) is 8.19. The van der Waals surface area contributed by atoms with Gasteiger partial charge in [0.2, 0.25) is 5.91 Å². The summed E-state index contributed by atoms with van der Waals surface area (Å²) in [6.07, 6.45) is 2.25. The third-order valence-corrected chi connectivity index (χ3v) is 4.29. The SMILES string of the molecule is CSCCC(NC(=O)C(C)(C)Cn1c(C)cccc1=O)C(=O)O. The van der Waals surface area contributed by atoms with Crippen molar-refractivity contribution in [1.29, 1.82) is 0 Å². The summed E-state index contributed by atoms with van der Waals surface area (Å²) in [6.45, 7) is 5.40. The van der Waals surface area contributed by atoms with E-state index in [1.165, 1.54) is 22.4 Å². The second-order valence-electron chi connectivity index (χ2n) is 6.12. The molecule has 0 bridgehead atoms. The number of aromatic nitrogens is 1. The van der Waals surface area contributed by atoms with E-state index < -0.39 is 17.4 Å². The van der Waals surface area contributed by atoms with Crippen LogP contribution in [0.4, 0.5) is 0 Å². The van der Waals surface area contributed by atoms with Gasteiger partial charge in [0, 0.05) is 18.3 Å². The number of carboxylic acid groups (broad SMARTS) is 1. The molecule has 0 aromatic carbocycles. The average molecular weight is 340 g/mol. The van der Waals surface area contributed by atoms with Gasteiger partial charge in [-0.3, -0.25) is 9.59 Å². The number of amides is 1. The molecule has 0 spiro atoms. The van der Waals surface area contributed by atoms with Crippen molar-refractivity contribution in [2.45, 2.75) is 39.8 Å². The number of carbonyl (C=O) groups excluding carboxylic acids is 1. The van der Waals surface area contributed by atoms with Gasteiger partial charge >= 0.3 is 5.97 Å². The first-order chi connectivity index (χ1) is 10.7. The number of nitrogens with zero attached hydrogens (tertiary/aromatic N) is 1. The number of aliphatic carboxylic acids is 1. The van der Waals surface area contributed by atoms with Crippen LogP contribution in [-0.4, -0.2) is 39.6 Å². The summed E-state index contributed by atoms with van der Waals surface area (Å²) < 4.78 is 1.53. The van der Waals surface area contributed by atoms with Gasteiger partial charge < -0.3 is 15.0 Å². The molecule has 1 atom stereocenters. The number of hydrogen-bond donors (Lipinski definition) is 2. The molecule has 0 aliphatic heterocycles. The van der Waals surface area contributed by atoms with Gasteiger partial charge in [-0.05, 0) is 45.3 Å². The predicted molar refractivity (Wildman–Crippen MR) is 91.8 cm³/mol. The Bertz CT molecular complexity index is 625. The first-order valence-electron chi connectivity index (χ1n) is 7.38. The van der Waals surface area contributed by atoms with Crippen LogP contribution in [0.3, 0.4) is 0 Å². The van der Waals surface area contributed by atoms with E-state index in [4.69, 9.17) is 0 Å². The molecule has 1 unspecified atom stereocenters. The lowest BCUT2D eigenvalue weighted by molar-refractivity contribution is -0.143. The van der Waals surface area contributed by atoms with Crippen LogP contribution in [0.15, 0.2) is 23.0 Å². The Hall–Kier alpha value is -1.76. The van der Waals surface area contributed by atoms with Crippen molar-refractivity contribution in [2.75, 3.05) is 12.0 Å². The number of rotatable bonds is 8. The molecule has 0 saturated heterocycles. The fourth-order valence-corrected chi connectivity index (χ4v) is 2.61. The molecule has 0 fully saturated rings. The molecule has 6 nitrogen and oxygen atoms in total. The van der Waals surface area contributed by atoms with Crippen molar-refractivity contribution in [1.82, 2.24) is 9.88 Å². The molecular formula is C16H24N2O4S. The number of aryl methyl sites for hydroxylation is 1. The van der Waals surface area contributed by atoms with Gasteiger partial charge in [0.15, 0.2) is 0 Å². The molecule has 1 aromatic rings. The van der Waals surface area contributed by atoms with Crippen molar-refractivity contribution >= 4 is 23.6 Å². The zero-order valence-corrected chi connectivity index (χ0v) is 14.8. The van der Waals surface area contributed by atoms with E-state index in [0.29, 0.717) is 12.2 Å². The van der Waals surface area contributed by atoms with Crippen LogP contribution in [0.2, 0.25) is 0 Å². The van der Waals surface area contributed by atoms with Gasteiger partial charge in [-0.2, -0.15) is 11.8 Å². The maximum Gasteiger partial charge on any atom is 0.326 e. The van der Waals surface area contributed by atoms with Crippen LogP contribution in [-0.2, 0) is 16.1 Å². The highest BCUT2D eigenvalue weighted by Gasteiger charge is 2.32. The van der Waals surface area contributed by atoms with E-state index >= 15 is 0 Å². The van der Waals surface area contributed by atoms with Crippen molar-refractivity contribution in [3.8, 4) is 0 Å². The Morgan fingerprint density at radius 3 is 2.57 bits per heavy atom. The maximum absolute atomic E-state index is 12.5. The van der Waals surface area contributed by atoms with E-state index in [0.717, 1.165) is 5.69 Å². The van der Waals surface area contributed by atoms with E-state index in [2.05, 4.69) is 5.32 Å². The Labute approximate surface area is 140 Å². The number of thioether (sulfide) groups is 1. The summed E-state index contributed by atoms with van der Waals surface area (Å²) in [6, 6.07) is 4.00. The number of pyridine rings is 1. The van der Waals surface area contributed by atoms with Crippen LogP contribution in [0.5, 0.6) is 0 Å².